The fourth-order valence-corrected chi connectivity index (χ4v) is 1.82. The van der Waals surface area contributed by atoms with Crippen LogP contribution in [-0.4, -0.2) is 29.9 Å². The first kappa shape index (κ1) is 14.7. The topological polar surface area (TPSA) is 71.1 Å². The van der Waals surface area contributed by atoms with Gasteiger partial charge in [0.15, 0.2) is 0 Å². The molecule has 0 aliphatic heterocycles. The highest BCUT2D eigenvalue weighted by atomic mass is 16.2. The summed E-state index contributed by atoms with van der Waals surface area (Å²) < 4.78 is 0. The van der Waals surface area contributed by atoms with Gasteiger partial charge in [0.25, 0.3) is 5.91 Å². The number of hydrogen-bond donors (Lipinski definition) is 2. The molecule has 2 N–H and O–H groups in total. The first-order valence-electron chi connectivity index (χ1n) is 6.74. The summed E-state index contributed by atoms with van der Waals surface area (Å²) >= 11 is 0. The lowest BCUT2D eigenvalue weighted by Crippen LogP contribution is -2.37. The van der Waals surface area contributed by atoms with Gasteiger partial charge in [-0.3, -0.25) is 14.6 Å². The zero-order chi connectivity index (χ0) is 14.9. The number of carbonyl (C=O) groups is 2. The van der Waals surface area contributed by atoms with Crippen molar-refractivity contribution in [2.24, 2.45) is 0 Å². The molecule has 0 aliphatic carbocycles. The smallest absolute Gasteiger partial charge is 0.251 e. The Kier molecular flexibility index (Phi) is 5.46. The summed E-state index contributed by atoms with van der Waals surface area (Å²) in [5.74, 6) is -0.482. The molecule has 5 heteroatoms. The molecule has 2 aromatic rings. The van der Waals surface area contributed by atoms with Gasteiger partial charge in [0.2, 0.25) is 5.91 Å². The lowest BCUT2D eigenvalue weighted by molar-refractivity contribution is -0.120. The van der Waals surface area contributed by atoms with Crippen molar-refractivity contribution in [3.63, 3.8) is 0 Å². The number of hydrogen-bond acceptors (Lipinski definition) is 3. The number of carbonyl (C=O) groups excluding carboxylic acids is 2. The maximum Gasteiger partial charge on any atom is 0.251 e. The van der Waals surface area contributed by atoms with Gasteiger partial charge in [0.05, 0.1) is 6.54 Å². The lowest BCUT2D eigenvalue weighted by Gasteiger charge is -2.07. The van der Waals surface area contributed by atoms with Crippen LogP contribution in [0.5, 0.6) is 0 Å². The van der Waals surface area contributed by atoms with Crippen molar-refractivity contribution in [3.05, 3.63) is 66.0 Å². The van der Waals surface area contributed by atoms with Crippen molar-refractivity contribution in [1.29, 1.82) is 0 Å². The highest BCUT2D eigenvalue weighted by molar-refractivity contribution is 5.96. The van der Waals surface area contributed by atoms with Crippen LogP contribution in [0.4, 0.5) is 0 Å². The van der Waals surface area contributed by atoms with E-state index < -0.39 is 0 Å². The highest BCUT2D eigenvalue weighted by Crippen LogP contribution is 1.98. The van der Waals surface area contributed by atoms with Crippen molar-refractivity contribution < 1.29 is 9.59 Å². The first-order chi connectivity index (χ1) is 10.3. The summed E-state index contributed by atoms with van der Waals surface area (Å²) in [6.07, 6.45) is 3.84. The molecule has 0 fully saturated rings. The number of rotatable bonds is 6. The Bertz CT molecular complexity index is 585. The third kappa shape index (κ3) is 5.06. The second-order valence-electron chi connectivity index (χ2n) is 4.50. The Morgan fingerprint density at radius 3 is 2.38 bits per heavy atom. The van der Waals surface area contributed by atoms with Crippen molar-refractivity contribution in [1.82, 2.24) is 15.6 Å². The van der Waals surface area contributed by atoms with Crippen LogP contribution in [0.1, 0.15) is 15.9 Å². The van der Waals surface area contributed by atoms with Gasteiger partial charge in [-0.15, -0.1) is 0 Å². The summed E-state index contributed by atoms with van der Waals surface area (Å²) in [6.45, 7) is 0.518. The molecule has 5 nitrogen and oxygen atoms in total. The molecule has 2 amide bonds. The predicted molar refractivity (Wildman–Crippen MR) is 79.7 cm³/mol. The van der Waals surface area contributed by atoms with Gasteiger partial charge in [0, 0.05) is 24.5 Å². The quantitative estimate of drug-likeness (QED) is 0.836. The molecule has 108 valence electrons. The highest BCUT2D eigenvalue weighted by Gasteiger charge is 2.07. The fourth-order valence-electron chi connectivity index (χ4n) is 1.82. The minimum atomic E-state index is -0.282. The first-order valence-corrected chi connectivity index (χ1v) is 6.74. The molecule has 2 rings (SSSR count). The molecule has 1 aromatic heterocycles. The SMILES string of the molecule is O=C(CNC(=O)c1ccncc1)NCCc1ccccc1. The van der Waals surface area contributed by atoms with Crippen LogP contribution in [0.3, 0.4) is 0 Å². The fraction of sp³-hybridized carbons (Fsp3) is 0.188. The Labute approximate surface area is 123 Å². The Balaban J connectivity index is 1.67. The molecule has 0 saturated heterocycles. The molecule has 0 aliphatic rings. The second kappa shape index (κ2) is 7.79. The van der Waals surface area contributed by atoms with Gasteiger partial charge < -0.3 is 10.6 Å². The number of pyridine rings is 1. The molecule has 0 spiro atoms. The van der Waals surface area contributed by atoms with Crippen LogP contribution in [0.2, 0.25) is 0 Å². The van der Waals surface area contributed by atoms with Crippen LogP contribution in [0, 0.1) is 0 Å². The zero-order valence-corrected chi connectivity index (χ0v) is 11.6. The monoisotopic (exact) mass is 283 g/mol. The average molecular weight is 283 g/mol. The minimum Gasteiger partial charge on any atom is -0.354 e. The maximum atomic E-state index is 11.7. The van der Waals surface area contributed by atoms with Crippen LogP contribution in [-0.2, 0) is 11.2 Å². The van der Waals surface area contributed by atoms with Gasteiger partial charge in [-0.05, 0) is 24.1 Å². The summed E-state index contributed by atoms with van der Waals surface area (Å²) in [7, 11) is 0. The molecule has 0 radical (unpaired) electrons. The van der Waals surface area contributed by atoms with Gasteiger partial charge in [-0.2, -0.15) is 0 Å². The molecule has 0 bridgehead atoms. The third-order valence-corrected chi connectivity index (χ3v) is 2.93. The number of amides is 2. The third-order valence-electron chi connectivity index (χ3n) is 2.93. The largest absolute Gasteiger partial charge is 0.354 e. The normalized spacial score (nSPS) is 9.90. The van der Waals surface area contributed by atoms with Crippen molar-refractivity contribution in [2.45, 2.75) is 6.42 Å². The van der Waals surface area contributed by atoms with E-state index in [1.54, 1.807) is 12.1 Å². The Morgan fingerprint density at radius 1 is 0.952 bits per heavy atom. The Morgan fingerprint density at radius 2 is 1.67 bits per heavy atom. The van der Waals surface area contributed by atoms with E-state index >= 15 is 0 Å². The van der Waals surface area contributed by atoms with E-state index in [-0.39, 0.29) is 18.4 Å². The molecule has 0 saturated carbocycles. The predicted octanol–water partition coefficient (Wildman–Crippen LogP) is 1.17. The van der Waals surface area contributed by atoms with E-state index in [9.17, 15) is 9.59 Å². The number of aromatic nitrogens is 1. The summed E-state index contributed by atoms with van der Waals surface area (Å²) in [6, 6.07) is 13.1. The Hall–Kier alpha value is -2.69. The van der Waals surface area contributed by atoms with E-state index in [0.717, 1.165) is 6.42 Å². The molecule has 21 heavy (non-hydrogen) atoms. The van der Waals surface area contributed by atoms with Crippen molar-refractivity contribution in [3.8, 4) is 0 Å². The van der Waals surface area contributed by atoms with Crippen LogP contribution < -0.4 is 10.6 Å². The summed E-state index contributed by atoms with van der Waals surface area (Å²) in [5, 5.41) is 5.34. The lowest BCUT2D eigenvalue weighted by atomic mass is 10.1. The van der Waals surface area contributed by atoms with E-state index in [1.807, 2.05) is 30.3 Å². The van der Waals surface area contributed by atoms with E-state index in [1.165, 1.54) is 18.0 Å². The van der Waals surface area contributed by atoms with Crippen LogP contribution in [0.15, 0.2) is 54.9 Å². The molecule has 1 heterocycles. The molecule has 0 unspecified atom stereocenters. The molecule has 1 aromatic carbocycles. The number of nitrogens with one attached hydrogen (secondary N) is 2. The van der Waals surface area contributed by atoms with Gasteiger partial charge in [0.1, 0.15) is 0 Å². The van der Waals surface area contributed by atoms with Crippen LogP contribution >= 0.6 is 0 Å². The van der Waals surface area contributed by atoms with Gasteiger partial charge in [-0.1, -0.05) is 30.3 Å². The standard InChI is InChI=1S/C16H17N3O2/c20-15(18-11-6-13-4-2-1-3-5-13)12-19-16(21)14-7-9-17-10-8-14/h1-5,7-10H,6,11-12H2,(H,18,20)(H,19,21). The van der Waals surface area contributed by atoms with Gasteiger partial charge >= 0.3 is 0 Å². The minimum absolute atomic E-state index is 0.0318. The summed E-state index contributed by atoms with van der Waals surface area (Å²) in [4.78, 5) is 27.2. The molecular weight excluding hydrogens is 266 g/mol. The number of nitrogens with zero attached hydrogens (tertiary/aromatic N) is 1. The van der Waals surface area contributed by atoms with Crippen LogP contribution in [0.25, 0.3) is 0 Å². The summed E-state index contributed by atoms with van der Waals surface area (Å²) in [5.41, 5.74) is 1.65. The van der Waals surface area contributed by atoms with E-state index in [0.29, 0.717) is 12.1 Å². The molecular formula is C16H17N3O2. The molecule has 0 atom stereocenters. The van der Waals surface area contributed by atoms with E-state index in [4.69, 9.17) is 0 Å². The van der Waals surface area contributed by atoms with Crippen molar-refractivity contribution >= 4 is 11.8 Å². The average Bonchev–Trinajstić information content (AvgIpc) is 2.54. The van der Waals surface area contributed by atoms with E-state index in [2.05, 4.69) is 15.6 Å². The zero-order valence-electron chi connectivity index (χ0n) is 11.6. The van der Waals surface area contributed by atoms with Crippen molar-refractivity contribution in [2.75, 3.05) is 13.1 Å². The van der Waals surface area contributed by atoms with Gasteiger partial charge in [-0.25, -0.2) is 0 Å². The maximum absolute atomic E-state index is 11.7. The number of benzene rings is 1. The second-order valence-corrected chi connectivity index (χ2v) is 4.50.